The van der Waals surface area contributed by atoms with Crippen molar-refractivity contribution in [2.24, 2.45) is 11.8 Å². The highest BCUT2D eigenvalue weighted by atomic mass is 14.9. The quantitative estimate of drug-likeness (QED) is 0.465. The summed E-state index contributed by atoms with van der Waals surface area (Å²) in [5.74, 6) is 4.49. The molecule has 0 amide bonds. The fraction of sp³-hybridized carbons (Fsp3) is 0.800. The molecule has 1 rings (SSSR count). The van der Waals surface area contributed by atoms with Crippen LogP contribution in [0.15, 0.2) is 0 Å². The van der Waals surface area contributed by atoms with Crippen molar-refractivity contribution in [3.8, 4) is 12.3 Å². The van der Waals surface area contributed by atoms with Gasteiger partial charge in [0.25, 0.3) is 0 Å². The maximum Gasteiger partial charge on any atom is 0.0211 e. The van der Waals surface area contributed by atoms with Gasteiger partial charge in [-0.05, 0) is 31.2 Å². The van der Waals surface area contributed by atoms with E-state index in [0.29, 0.717) is 0 Å². The first-order chi connectivity index (χ1) is 5.34. The smallest absolute Gasteiger partial charge is 0.0211 e. The second-order valence-corrected chi connectivity index (χ2v) is 3.47. The third kappa shape index (κ3) is 3.43. The van der Waals surface area contributed by atoms with E-state index < -0.39 is 0 Å². The molecule has 11 heavy (non-hydrogen) atoms. The topological polar surface area (TPSA) is 12.0 Å². The highest BCUT2D eigenvalue weighted by Gasteiger charge is 2.26. The summed E-state index contributed by atoms with van der Waals surface area (Å²) in [5, 5.41) is 3.36. The number of rotatable bonds is 5. The van der Waals surface area contributed by atoms with Gasteiger partial charge in [0, 0.05) is 13.0 Å². The van der Waals surface area contributed by atoms with Gasteiger partial charge in [0.15, 0.2) is 0 Å². The standard InChI is InChI=1S/C10H17N/c1-3-4-7-11-8-9(2)10-5-6-10/h1,9-11H,4-8H2,2H3. The molecule has 0 aromatic rings. The average molecular weight is 151 g/mol. The molecule has 1 atom stereocenters. The van der Waals surface area contributed by atoms with Crippen LogP contribution in [0, 0.1) is 24.2 Å². The molecule has 1 aliphatic rings. The van der Waals surface area contributed by atoms with Gasteiger partial charge in [0.05, 0.1) is 0 Å². The first-order valence-electron chi connectivity index (χ1n) is 4.48. The first-order valence-corrected chi connectivity index (χ1v) is 4.48. The summed E-state index contributed by atoms with van der Waals surface area (Å²) in [4.78, 5) is 0. The lowest BCUT2D eigenvalue weighted by atomic mass is 10.1. The van der Waals surface area contributed by atoms with E-state index >= 15 is 0 Å². The third-order valence-corrected chi connectivity index (χ3v) is 2.34. The van der Waals surface area contributed by atoms with Crippen molar-refractivity contribution in [1.82, 2.24) is 5.32 Å². The van der Waals surface area contributed by atoms with Gasteiger partial charge in [-0.15, -0.1) is 12.3 Å². The van der Waals surface area contributed by atoms with E-state index in [1.54, 1.807) is 0 Å². The fourth-order valence-corrected chi connectivity index (χ4v) is 1.32. The van der Waals surface area contributed by atoms with Crippen LogP contribution in [-0.2, 0) is 0 Å². The summed E-state index contributed by atoms with van der Waals surface area (Å²) < 4.78 is 0. The minimum absolute atomic E-state index is 0.854. The van der Waals surface area contributed by atoms with Gasteiger partial charge < -0.3 is 5.32 Å². The van der Waals surface area contributed by atoms with E-state index in [9.17, 15) is 0 Å². The average Bonchev–Trinajstić information content (AvgIpc) is 2.79. The van der Waals surface area contributed by atoms with Crippen LogP contribution < -0.4 is 5.32 Å². The predicted octanol–water partition coefficient (Wildman–Crippen LogP) is 1.65. The van der Waals surface area contributed by atoms with Gasteiger partial charge >= 0.3 is 0 Å². The Morgan fingerprint density at radius 1 is 1.64 bits per heavy atom. The Labute approximate surface area is 69.6 Å². The van der Waals surface area contributed by atoms with Crippen LogP contribution in [-0.4, -0.2) is 13.1 Å². The zero-order valence-electron chi connectivity index (χ0n) is 7.27. The lowest BCUT2D eigenvalue weighted by molar-refractivity contribution is 0.466. The monoisotopic (exact) mass is 151 g/mol. The summed E-state index contributed by atoms with van der Waals surface area (Å²) >= 11 is 0. The van der Waals surface area contributed by atoms with E-state index in [2.05, 4.69) is 18.2 Å². The highest BCUT2D eigenvalue weighted by Crippen LogP contribution is 2.35. The van der Waals surface area contributed by atoms with Gasteiger partial charge in [-0.3, -0.25) is 0 Å². The van der Waals surface area contributed by atoms with E-state index in [1.807, 2.05) is 0 Å². The number of nitrogens with one attached hydrogen (secondary N) is 1. The van der Waals surface area contributed by atoms with Crippen molar-refractivity contribution in [3.05, 3.63) is 0 Å². The van der Waals surface area contributed by atoms with Crippen LogP contribution in [0.5, 0.6) is 0 Å². The Bertz CT molecular complexity index is 141. The van der Waals surface area contributed by atoms with E-state index in [4.69, 9.17) is 6.42 Å². The Hall–Kier alpha value is -0.480. The van der Waals surface area contributed by atoms with Crippen molar-refractivity contribution < 1.29 is 0 Å². The number of hydrogen-bond acceptors (Lipinski definition) is 1. The molecule has 0 aromatic carbocycles. The molecular weight excluding hydrogens is 134 g/mol. The second-order valence-electron chi connectivity index (χ2n) is 3.47. The second kappa shape index (κ2) is 4.41. The molecule has 1 aliphatic carbocycles. The summed E-state index contributed by atoms with van der Waals surface area (Å²) in [6, 6.07) is 0. The normalized spacial score (nSPS) is 19.3. The van der Waals surface area contributed by atoms with Crippen molar-refractivity contribution >= 4 is 0 Å². The van der Waals surface area contributed by atoms with E-state index in [-0.39, 0.29) is 0 Å². The van der Waals surface area contributed by atoms with Crippen molar-refractivity contribution in [1.29, 1.82) is 0 Å². The maximum absolute atomic E-state index is 5.13. The van der Waals surface area contributed by atoms with Crippen molar-refractivity contribution in [2.45, 2.75) is 26.2 Å². The van der Waals surface area contributed by atoms with Crippen LogP contribution in [0.3, 0.4) is 0 Å². The summed E-state index contributed by atoms with van der Waals surface area (Å²) in [5.41, 5.74) is 0. The van der Waals surface area contributed by atoms with Crippen LogP contribution >= 0.6 is 0 Å². The molecule has 0 bridgehead atoms. The summed E-state index contributed by atoms with van der Waals surface area (Å²) in [6.07, 6.45) is 8.87. The fourth-order valence-electron chi connectivity index (χ4n) is 1.32. The lowest BCUT2D eigenvalue weighted by Crippen LogP contribution is -2.22. The van der Waals surface area contributed by atoms with Gasteiger partial charge in [0.2, 0.25) is 0 Å². The maximum atomic E-state index is 5.13. The summed E-state index contributed by atoms with van der Waals surface area (Å²) in [7, 11) is 0. The minimum atomic E-state index is 0.854. The minimum Gasteiger partial charge on any atom is -0.316 e. The molecule has 1 nitrogen and oxygen atoms in total. The number of hydrogen-bond donors (Lipinski definition) is 1. The molecule has 1 N–H and O–H groups in total. The molecule has 0 radical (unpaired) electrons. The zero-order valence-corrected chi connectivity index (χ0v) is 7.27. The van der Waals surface area contributed by atoms with E-state index in [0.717, 1.165) is 31.3 Å². The molecule has 62 valence electrons. The molecular formula is C10H17N. The summed E-state index contributed by atoms with van der Waals surface area (Å²) in [6.45, 7) is 4.44. The van der Waals surface area contributed by atoms with Gasteiger partial charge in [-0.25, -0.2) is 0 Å². The molecule has 1 unspecified atom stereocenters. The van der Waals surface area contributed by atoms with E-state index in [1.165, 1.54) is 12.8 Å². The van der Waals surface area contributed by atoms with Crippen LogP contribution in [0.25, 0.3) is 0 Å². The molecule has 0 saturated heterocycles. The highest BCUT2D eigenvalue weighted by molar-refractivity contribution is 4.85. The SMILES string of the molecule is C#CCCNCC(C)C1CC1. The van der Waals surface area contributed by atoms with Crippen molar-refractivity contribution in [2.75, 3.05) is 13.1 Å². The molecule has 0 spiro atoms. The zero-order chi connectivity index (χ0) is 8.10. The molecule has 0 aromatic heterocycles. The molecule has 0 heterocycles. The Morgan fingerprint density at radius 3 is 2.91 bits per heavy atom. The third-order valence-electron chi connectivity index (χ3n) is 2.34. The Kier molecular flexibility index (Phi) is 3.45. The Morgan fingerprint density at radius 2 is 2.36 bits per heavy atom. The Balaban J connectivity index is 1.90. The lowest BCUT2D eigenvalue weighted by Gasteiger charge is -2.09. The molecule has 1 fully saturated rings. The first kappa shape index (κ1) is 8.62. The predicted molar refractivity (Wildman–Crippen MR) is 48.2 cm³/mol. The van der Waals surface area contributed by atoms with Gasteiger partial charge in [-0.2, -0.15) is 0 Å². The van der Waals surface area contributed by atoms with Crippen molar-refractivity contribution in [3.63, 3.8) is 0 Å². The van der Waals surface area contributed by atoms with Crippen LogP contribution in [0.2, 0.25) is 0 Å². The van der Waals surface area contributed by atoms with Gasteiger partial charge in [-0.1, -0.05) is 6.92 Å². The number of terminal acetylenes is 1. The largest absolute Gasteiger partial charge is 0.316 e. The molecule has 1 saturated carbocycles. The van der Waals surface area contributed by atoms with Gasteiger partial charge in [0.1, 0.15) is 0 Å². The molecule has 1 heteroatoms. The van der Waals surface area contributed by atoms with Crippen LogP contribution in [0.4, 0.5) is 0 Å². The molecule has 0 aliphatic heterocycles. The van der Waals surface area contributed by atoms with Crippen LogP contribution in [0.1, 0.15) is 26.2 Å².